The molecule has 1 spiro atoms. The molecule has 1 heterocycles. The second kappa shape index (κ2) is 5.01. The van der Waals surface area contributed by atoms with Gasteiger partial charge in [-0.05, 0) is 31.6 Å². The highest BCUT2D eigenvalue weighted by molar-refractivity contribution is 7.90. The molecule has 0 amide bonds. The highest BCUT2D eigenvalue weighted by Crippen LogP contribution is 2.40. The lowest BCUT2D eigenvalue weighted by Gasteiger charge is -2.46. The predicted molar refractivity (Wildman–Crippen MR) is 77.0 cm³/mol. The molecule has 1 atom stereocenters. The average Bonchev–Trinajstić information content (AvgIpc) is 3.08. The summed E-state index contributed by atoms with van der Waals surface area (Å²) in [7, 11) is -2.85. The first kappa shape index (κ1) is 13.8. The molecule has 5 heteroatoms. The van der Waals surface area contributed by atoms with Crippen LogP contribution in [0.5, 0.6) is 0 Å². The molecule has 2 aliphatic carbocycles. The second-order valence-corrected chi connectivity index (χ2v) is 9.13. The van der Waals surface area contributed by atoms with Crippen LogP contribution in [0.2, 0.25) is 0 Å². The number of hydrogen-bond acceptors (Lipinski definition) is 4. The third kappa shape index (κ3) is 3.31. The van der Waals surface area contributed by atoms with Crippen molar-refractivity contribution in [3.05, 3.63) is 0 Å². The summed E-state index contributed by atoms with van der Waals surface area (Å²) in [5.41, 5.74) is 0.295. The van der Waals surface area contributed by atoms with Crippen LogP contribution >= 0.6 is 0 Å². The third-order valence-electron chi connectivity index (χ3n) is 5.14. The van der Waals surface area contributed by atoms with Gasteiger partial charge in [0, 0.05) is 37.5 Å². The molecule has 1 aliphatic heterocycles. The van der Waals surface area contributed by atoms with E-state index in [1.165, 1.54) is 44.8 Å². The normalized spacial score (nSPS) is 31.9. The van der Waals surface area contributed by atoms with Crippen molar-refractivity contribution < 1.29 is 8.42 Å². The minimum absolute atomic E-state index is 0.295. The van der Waals surface area contributed by atoms with Gasteiger partial charge in [0.05, 0.1) is 5.75 Å². The molecular formula is C14H26N2O2S. The van der Waals surface area contributed by atoms with Crippen molar-refractivity contribution in [1.82, 2.24) is 10.2 Å². The Kier molecular flexibility index (Phi) is 3.65. The third-order valence-corrected chi connectivity index (χ3v) is 6.06. The number of nitrogens with one attached hydrogen (secondary N) is 1. The zero-order chi connectivity index (χ0) is 13.5. The van der Waals surface area contributed by atoms with E-state index in [1.807, 2.05) is 0 Å². The van der Waals surface area contributed by atoms with Crippen LogP contribution < -0.4 is 5.32 Å². The summed E-state index contributed by atoms with van der Waals surface area (Å²) < 4.78 is 22.9. The maximum atomic E-state index is 11.4. The number of hydrogen-bond donors (Lipinski definition) is 1. The second-order valence-electron chi connectivity index (χ2n) is 6.87. The minimum atomic E-state index is -2.85. The summed E-state index contributed by atoms with van der Waals surface area (Å²) in [5, 5.41) is 3.80. The van der Waals surface area contributed by atoms with E-state index < -0.39 is 9.84 Å². The fourth-order valence-electron chi connectivity index (χ4n) is 3.87. The standard InChI is InChI=1S/C14H26N2O2S/c1-19(17,18)9-8-16-11-14(6-2-3-7-14)15-10-13(16)12-4-5-12/h12-13,15H,2-11H2,1H3. The van der Waals surface area contributed by atoms with E-state index in [1.54, 1.807) is 0 Å². The quantitative estimate of drug-likeness (QED) is 0.838. The van der Waals surface area contributed by atoms with E-state index in [4.69, 9.17) is 0 Å². The Morgan fingerprint density at radius 1 is 1.26 bits per heavy atom. The molecule has 3 aliphatic rings. The van der Waals surface area contributed by atoms with Crippen LogP contribution in [0.4, 0.5) is 0 Å². The van der Waals surface area contributed by atoms with Crippen molar-refractivity contribution in [2.75, 3.05) is 31.6 Å². The lowest BCUT2D eigenvalue weighted by Crippen LogP contribution is -2.64. The summed E-state index contributed by atoms with van der Waals surface area (Å²) in [6.07, 6.45) is 9.18. The highest BCUT2D eigenvalue weighted by Gasteiger charge is 2.45. The van der Waals surface area contributed by atoms with Gasteiger partial charge in [0.2, 0.25) is 0 Å². The Bertz CT molecular complexity index is 425. The molecule has 0 aromatic heterocycles. The van der Waals surface area contributed by atoms with Gasteiger partial charge >= 0.3 is 0 Å². The molecule has 0 aromatic rings. The van der Waals surface area contributed by atoms with E-state index in [0.29, 0.717) is 17.3 Å². The lowest BCUT2D eigenvalue weighted by molar-refractivity contribution is 0.0748. The zero-order valence-electron chi connectivity index (χ0n) is 11.9. The molecule has 4 nitrogen and oxygen atoms in total. The molecule has 0 aromatic carbocycles. The first-order chi connectivity index (χ1) is 8.98. The van der Waals surface area contributed by atoms with E-state index in [0.717, 1.165) is 25.6 Å². The summed E-state index contributed by atoms with van der Waals surface area (Å²) in [4.78, 5) is 2.49. The van der Waals surface area contributed by atoms with Crippen LogP contribution in [0.1, 0.15) is 38.5 Å². The Morgan fingerprint density at radius 2 is 1.95 bits per heavy atom. The van der Waals surface area contributed by atoms with Gasteiger partial charge in [-0.2, -0.15) is 0 Å². The molecule has 3 fully saturated rings. The van der Waals surface area contributed by atoms with Crippen molar-refractivity contribution in [3.8, 4) is 0 Å². The van der Waals surface area contributed by atoms with E-state index in [-0.39, 0.29) is 0 Å². The molecule has 0 radical (unpaired) electrons. The molecule has 1 N–H and O–H groups in total. The van der Waals surface area contributed by atoms with Crippen LogP contribution in [0.3, 0.4) is 0 Å². The largest absolute Gasteiger partial charge is 0.308 e. The molecule has 19 heavy (non-hydrogen) atoms. The first-order valence-electron chi connectivity index (χ1n) is 7.64. The monoisotopic (exact) mass is 286 g/mol. The van der Waals surface area contributed by atoms with Crippen LogP contribution in [0.15, 0.2) is 0 Å². The number of rotatable bonds is 4. The van der Waals surface area contributed by atoms with Gasteiger partial charge < -0.3 is 5.32 Å². The summed E-state index contributed by atoms with van der Waals surface area (Å²) in [5.74, 6) is 1.12. The van der Waals surface area contributed by atoms with E-state index >= 15 is 0 Å². The smallest absolute Gasteiger partial charge is 0.148 e. The predicted octanol–water partition coefficient (Wildman–Crippen LogP) is 1.03. The van der Waals surface area contributed by atoms with E-state index in [9.17, 15) is 8.42 Å². The first-order valence-corrected chi connectivity index (χ1v) is 9.70. The van der Waals surface area contributed by atoms with Crippen LogP contribution in [0.25, 0.3) is 0 Å². The molecule has 0 bridgehead atoms. The van der Waals surface area contributed by atoms with Gasteiger partial charge in [-0.25, -0.2) is 8.42 Å². The summed E-state index contributed by atoms with van der Waals surface area (Å²) in [6, 6.07) is 0.577. The van der Waals surface area contributed by atoms with Crippen LogP contribution in [0, 0.1) is 5.92 Å². The number of piperazine rings is 1. The van der Waals surface area contributed by atoms with Gasteiger partial charge in [0.1, 0.15) is 9.84 Å². The van der Waals surface area contributed by atoms with Crippen molar-refractivity contribution in [2.45, 2.75) is 50.1 Å². The summed E-state index contributed by atoms with van der Waals surface area (Å²) in [6.45, 7) is 2.85. The Morgan fingerprint density at radius 3 is 2.53 bits per heavy atom. The Balaban J connectivity index is 1.67. The molecular weight excluding hydrogens is 260 g/mol. The molecule has 110 valence electrons. The Hall–Kier alpha value is -0.130. The lowest BCUT2D eigenvalue weighted by atomic mass is 9.91. The Labute approximate surface area is 116 Å². The summed E-state index contributed by atoms with van der Waals surface area (Å²) >= 11 is 0. The number of sulfone groups is 1. The van der Waals surface area contributed by atoms with Gasteiger partial charge in [-0.3, -0.25) is 4.90 Å². The van der Waals surface area contributed by atoms with E-state index in [2.05, 4.69) is 10.2 Å². The van der Waals surface area contributed by atoms with Crippen LogP contribution in [-0.4, -0.2) is 56.5 Å². The average molecular weight is 286 g/mol. The highest BCUT2D eigenvalue weighted by atomic mass is 32.2. The molecule has 1 unspecified atom stereocenters. The van der Waals surface area contributed by atoms with Gasteiger partial charge in [0.25, 0.3) is 0 Å². The maximum Gasteiger partial charge on any atom is 0.148 e. The topological polar surface area (TPSA) is 49.4 Å². The van der Waals surface area contributed by atoms with Crippen molar-refractivity contribution in [2.24, 2.45) is 5.92 Å². The number of nitrogens with zero attached hydrogens (tertiary/aromatic N) is 1. The zero-order valence-corrected chi connectivity index (χ0v) is 12.7. The van der Waals surface area contributed by atoms with Crippen molar-refractivity contribution in [1.29, 1.82) is 0 Å². The fourth-order valence-corrected chi connectivity index (χ4v) is 4.44. The van der Waals surface area contributed by atoms with Crippen molar-refractivity contribution >= 4 is 9.84 Å². The fraction of sp³-hybridized carbons (Fsp3) is 1.00. The maximum absolute atomic E-state index is 11.4. The molecule has 3 rings (SSSR count). The molecule has 1 saturated heterocycles. The van der Waals surface area contributed by atoms with Gasteiger partial charge in [0.15, 0.2) is 0 Å². The minimum Gasteiger partial charge on any atom is -0.308 e. The van der Waals surface area contributed by atoms with Gasteiger partial charge in [-0.15, -0.1) is 0 Å². The van der Waals surface area contributed by atoms with Crippen LogP contribution in [-0.2, 0) is 9.84 Å². The van der Waals surface area contributed by atoms with Gasteiger partial charge in [-0.1, -0.05) is 12.8 Å². The van der Waals surface area contributed by atoms with Crippen molar-refractivity contribution in [3.63, 3.8) is 0 Å². The SMILES string of the molecule is CS(=O)(=O)CCN1CC2(CCCC2)NCC1C1CC1. The molecule has 2 saturated carbocycles.